The van der Waals surface area contributed by atoms with Gasteiger partial charge in [-0.15, -0.1) is 0 Å². The Morgan fingerprint density at radius 3 is 1.96 bits per heavy atom. The number of fused-ring (bicyclic) bond motifs is 1. The molecular weight excluding hydrogens is 354 g/mol. The summed E-state index contributed by atoms with van der Waals surface area (Å²) in [5.41, 5.74) is 2.77. The first kappa shape index (κ1) is 17.4. The zero-order valence-corrected chi connectivity index (χ0v) is 14.7. The molecule has 0 fully saturated rings. The van der Waals surface area contributed by atoms with Crippen molar-refractivity contribution >= 4 is 34.3 Å². The van der Waals surface area contributed by atoms with Gasteiger partial charge in [0.05, 0.1) is 16.6 Å². The van der Waals surface area contributed by atoms with Crippen molar-refractivity contribution < 1.29 is 14.7 Å². The maximum Gasteiger partial charge on any atom is 0.335 e. The maximum atomic E-state index is 13.0. The minimum atomic E-state index is -1.00. The van der Waals surface area contributed by atoms with Gasteiger partial charge in [-0.3, -0.25) is 4.79 Å². The second-order valence-corrected chi connectivity index (χ2v) is 6.11. The normalized spacial score (nSPS) is 10.6. The van der Waals surface area contributed by atoms with Crippen LogP contribution in [0.4, 0.5) is 11.5 Å². The molecule has 3 aromatic carbocycles. The van der Waals surface area contributed by atoms with Crippen molar-refractivity contribution in [2.75, 3.05) is 5.32 Å². The lowest BCUT2D eigenvalue weighted by Gasteiger charge is -2.11. The van der Waals surface area contributed by atoms with Crippen molar-refractivity contribution in [2.45, 2.75) is 0 Å². The van der Waals surface area contributed by atoms with Crippen LogP contribution >= 0.6 is 0 Å². The first-order chi connectivity index (χ1) is 13.6. The van der Waals surface area contributed by atoms with E-state index in [2.05, 4.69) is 15.3 Å². The highest BCUT2D eigenvalue weighted by atomic mass is 16.4. The molecular formula is C22H15N3O3. The summed E-state index contributed by atoms with van der Waals surface area (Å²) in [5.74, 6) is -0.934. The Morgan fingerprint density at radius 2 is 1.32 bits per heavy atom. The van der Waals surface area contributed by atoms with Crippen LogP contribution in [0.1, 0.15) is 26.4 Å². The number of para-hydroxylation sites is 2. The summed E-state index contributed by atoms with van der Waals surface area (Å²) in [7, 11) is 0. The highest BCUT2D eigenvalue weighted by Crippen LogP contribution is 2.23. The van der Waals surface area contributed by atoms with E-state index in [0.29, 0.717) is 28.1 Å². The molecule has 0 spiro atoms. The van der Waals surface area contributed by atoms with E-state index < -0.39 is 5.97 Å². The SMILES string of the molecule is O=C(O)c1ccc(Nc2nc3ccccc3nc2C(=O)c2ccccc2)cc1. The number of rotatable bonds is 5. The number of carbonyl (C=O) groups is 2. The molecule has 0 aliphatic rings. The number of benzene rings is 3. The molecule has 2 N–H and O–H groups in total. The van der Waals surface area contributed by atoms with E-state index in [9.17, 15) is 9.59 Å². The van der Waals surface area contributed by atoms with Gasteiger partial charge in [-0.1, -0.05) is 42.5 Å². The monoisotopic (exact) mass is 369 g/mol. The summed E-state index contributed by atoms with van der Waals surface area (Å²) in [6.45, 7) is 0. The lowest BCUT2D eigenvalue weighted by atomic mass is 10.1. The van der Waals surface area contributed by atoms with Crippen LogP contribution in [-0.2, 0) is 0 Å². The molecule has 0 amide bonds. The van der Waals surface area contributed by atoms with E-state index in [-0.39, 0.29) is 17.0 Å². The standard InChI is InChI=1S/C22H15N3O3/c26-20(14-6-2-1-3-7-14)19-21(25-18-9-5-4-8-17(18)24-19)23-16-12-10-15(11-13-16)22(27)28/h1-13H,(H,23,25)(H,27,28). The third kappa shape index (κ3) is 3.43. The van der Waals surface area contributed by atoms with Gasteiger partial charge in [0.1, 0.15) is 0 Å². The average molecular weight is 369 g/mol. The molecule has 0 bridgehead atoms. The van der Waals surface area contributed by atoms with Crippen LogP contribution in [0.15, 0.2) is 78.9 Å². The van der Waals surface area contributed by atoms with E-state index in [0.717, 1.165) is 0 Å². The number of aromatic nitrogens is 2. The predicted octanol–water partition coefficient (Wildman–Crippen LogP) is 4.30. The van der Waals surface area contributed by atoms with Crippen LogP contribution in [0, 0.1) is 0 Å². The third-order valence-corrected chi connectivity index (χ3v) is 4.22. The molecule has 1 heterocycles. The first-order valence-corrected chi connectivity index (χ1v) is 8.59. The van der Waals surface area contributed by atoms with E-state index in [1.165, 1.54) is 12.1 Å². The zero-order chi connectivity index (χ0) is 19.5. The lowest BCUT2D eigenvalue weighted by Crippen LogP contribution is -2.10. The molecule has 4 rings (SSSR count). The van der Waals surface area contributed by atoms with Crippen LogP contribution < -0.4 is 5.32 Å². The van der Waals surface area contributed by atoms with Gasteiger partial charge in [-0.25, -0.2) is 14.8 Å². The van der Waals surface area contributed by atoms with Crippen molar-refractivity contribution in [3.8, 4) is 0 Å². The predicted molar refractivity (Wildman–Crippen MR) is 106 cm³/mol. The number of nitrogens with one attached hydrogen (secondary N) is 1. The highest BCUT2D eigenvalue weighted by molar-refractivity contribution is 6.11. The number of hydrogen-bond acceptors (Lipinski definition) is 5. The summed E-state index contributed by atoms with van der Waals surface area (Å²) in [5, 5.41) is 12.1. The molecule has 28 heavy (non-hydrogen) atoms. The quantitative estimate of drug-likeness (QED) is 0.510. The number of nitrogens with zero attached hydrogens (tertiary/aromatic N) is 2. The maximum absolute atomic E-state index is 13.0. The molecule has 136 valence electrons. The lowest BCUT2D eigenvalue weighted by molar-refractivity contribution is 0.0696. The molecule has 0 atom stereocenters. The largest absolute Gasteiger partial charge is 0.478 e. The number of anilines is 2. The number of carboxylic acid groups (broad SMARTS) is 1. The van der Waals surface area contributed by atoms with Gasteiger partial charge < -0.3 is 10.4 Å². The minimum absolute atomic E-state index is 0.177. The minimum Gasteiger partial charge on any atom is -0.478 e. The van der Waals surface area contributed by atoms with Crippen LogP contribution in [-0.4, -0.2) is 26.8 Å². The Balaban J connectivity index is 1.79. The fraction of sp³-hybridized carbons (Fsp3) is 0. The van der Waals surface area contributed by atoms with Gasteiger partial charge in [-0.05, 0) is 36.4 Å². The Bertz CT molecular complexity index is 1170. The Morgan fingerprint density at radius 1 is 0.714 bits per heavy atom. The molecule has 0 aliphatic carbocycles. The second kappa shape index (κ2) is 7.28. The number of carboxylic acids is 1. The molecule has 0 saturated heterocycles. The fourth-order valence-corrected chi connectivity index (χ4v) is 2.80. The molecule has 4 aromatic rings. The summed E-state index contributed by atoms with van der Waals surface area (Å²) in [4.78, 5) is 33.1. The topological polar surface area (TPSA) is 92.2 Å². The van der Waals surface area contributed by atoms with Crippen molar-refractivity contribution in [3.05, 3.63) is 95.7 Å². The Kier molecular flexibility index (Phi) is 4.51. The smallest absolute Gasteiger partial charge is 0.335 e. The molecule has 0 unspecified atom stereocenters. The van der Waals surface area contributed by atoms with Gasteiger partial charge >= 0.3 is 5.97 Å². The number of carbonyl (C=O) groups excluding carboxylic acids is 1. The van der Waals surface area contributed by atoms with Gasteiger partial charge in [0.15, 0.2) is 11.5 Å². The average Bonchev–Trinajstić information content (AvgIpc) is 2.74. The number of aromatic carboxylic acids is 1. The van der Waals surface area contributed by atoms with Crippen molar-refractivity contribution in [3.63, 3.8) is 0 Å². The first-order valence-electron chi connectivity index (χ1n) is 8.59. The molecule has 1 aromatic heterocycles. The van der Waals surface area contributed by atoms with Crippen LogP contribution in [0.2, 0.25) is 0 Å². The van der Waals surface area contributed by atoms with Crippen molar-refractivity contribution in [2.24, 2.45) is 0 Å². The number of ketones is 1. The fourth-order valence-electron chi connectivity index (χ4n) is 2.80. The molecule has 6 nitrogen and oxygen atoms in total. The Labute approximate surface area is 160 Å². The molecule has 6 heteroatoms. The molecule has 0 radical (unpaired) electrons. The van der Waals surface area contributed by atoms with E-state index in [1.807, 2.05) is 24.3 Å². The van der Waals surface area contributed by atoms with E-state index in [1.54, 1.807) is 42.5 Å². The number of hydrogen-bond donors (Lipinski definition) is 2. The summed E-state index contributed by atoms with van der Waals surface area (Å²) >= 11 is 0. The van der Waals surface area contributed by atoms with Gasteiger partial charge in [0, 0.05) is 11.3 Å². The Hall–Kier alpha value is -4.06. The zero-order valence-electron chi connectivity index (χ0n) is 14.7. The van der Waals surface area contributed by atoms with Gasteiger partial charge in [0.25, 0.3) is 0 Å². The van der Waals surface area contributed by atoms with E-state index >= 15 is 0 Å². The van der Waals surface area contributed by atoms with Crippen molar-refractivity contribution in [1.29, 1.82) is 0 Å². The highest BCUT2D eigenvalue weighted by Gasteiger charge is 2.18. The van der Waals surface area contributed by atoms with Crippen LogP contribution in [0.5, 0.6) is 0 Å². The van der Waals surface area contributed by atoms with Crippen LogP contribution in [0.3, 0.4) is 0 Å². The van der Waals surface area contributed by atoms with Gasteiger partial charge in [0.2, 0.25) is 5.78 Å². The van der Waals surface area contributed by atoms with Gasteiger partial charge in [-0.2, -0.15) is 0 Å². The summed E-state index contributed by atoms with van der Waals surface area (Å²) in [6, 6.07) is 22.4. The van der Waals surface area contributed by atoms with E-state index in [4.69, 9.17) is 5.11 Å². The van der Waals surface area contributed by atoms with Crippen LogP contribution in [0.25, 0.3) is 11.0 Å². The van der Waals surface area contributed by atoms with Crippen molar-refractivity contribution in [1.82, 2.24) is 9.97 Å². The summed E-state index contributed by atoms with van der Waals surface area (Å²) < 4.78 is 0. The third-order valence-electron chi connectivity index (χ3n) is 4.22. The second-order valence-electron chi connectivity index (χ2n) is 6.11. The molecule has 0 aliphatic heterocycles. The summed E-state index contributed by atoms with van der Waals surface area (Å²) in [6.07, 6.45) is 0. The molecule has 0 saturated carbocycles.